The lowest BCUT2D eigenvalue weighted by molar-refractivity contribution is 1.28. The number of hydrogen-bond donors (Lipinski definition) is 0. The molecule has 0 amide bonds. The Morgan fingerprint density at radius 3 is 0.600 bits per heavy atom. The summed E-state index contributed by atoms with van der Waals surface area (Å²) < 4.78 is 0. The topological polar surface area (TPSA) is 9.72 Å². The molecule has 3 nitrogen and oxygen atoms in total. The van der Waals surface area contributed by atoms with E-state index in [2.05, 4.69) is 335 Å². The molecule has 10 aromatic carbocycles. The van der Waals surface area contributed by atoms with Gasteiger partial charge in [0.25, 0.3) is 0 Å². The summed E-state index contributed by atoms with van der Waals surface area (Å²) in [4.78, 5) is 6.91. The average molecular weight is 916 g/mol. The second-order valence-electron chi connectivity index (χ2n) is 17.1. The molecule has 0 N–H and O–H groups in total. The molecule has 0 spiro atoms. The number of hydrogen-bond acceptors (Lipinski definition) is 3. The van der Waals surface area contributed by atoms with Crippen LogP contribution in [0.4, 0.5) is 51.2 Å². The molecule has 0 bridgehead atoms. The molecule has 0 aromatic heterocycles. The fourth-order valence-electron chi connectivity index (χ4n) is 8.89. The molecule has 0 aliphatic carbocycles. The highest BCUT2D eigenvalue weighted by Crippen LogP contribution is 2.37. The summed E-state index contributed by atoms with van der Waals surface area (Å²) in [6, 6.07) is 101. The number of anilines is 9. The number of nitrogens with zero attached hydrogens (tertiary/aromatic N) is 3. The Bertz CT molecular complexity index is 2810. The van der Waals surface area contributed by atoms with Gasteiger partial charge >= 0.3 is 0 Å². The zero-order valence-corrected chi connectivity index (χ0v) is 39.9. The first-order valence-corrected chi connectivity index (χ1v) is 26.1. The summed E-state index contributed by atoms with van der Waals surface area (Å²) in [5.74, 6) is 0. The molecule has 10 rings (SSSR count). The lowest BCUT2D eigenvalue weighted by Gasteiger charge is -2.26. The lowest BCUT2D eigenvalue weighted by Crippen LogP contribution is -2.43. The van der Waals surface area contributed by atoms with Crippen LogP contribution in [0.2, 0.25) is 0 Å². The van der Waals surface area contributed by atoms with Crippen molar-refractivity contribution in [1.29, 1.82) is 0 Å². The molecular weight excluding hydrogens is 863 g/mol. The molecule has 0 saturated heterocycles. The fourth-order valence-corrected chi connectivity index (χ4v) is 12.0. The average Bonchev–Trinajstić information content (AvgIpc) is 3.44. The van der Waals surface area contributed by atoms with Gasteiger partial charge in [0.2, 0.25) is 0 Å². The number of para-hydroxylation sites is 6. The van der Waals surface area contributed by atoms with Crippen molar-refractivity contribution in [3.05, 3.63) is 319 Å². The molecule has 10 aromatic rings. The van der Waals surface area contributed by atoms with Gasteiger partial charge in [0.1, 0.15) is 0 Å². The monoisotopic (exact) mass is 915 g/mol. The van der Waals surface area contributed by atoms with Crippen molar-refractivity contribution in [2.75, 3.05) is 14.7 Å². The van der Waals surface area contributed by atoms with Crippen molar-refractivity contribution in [1.82, 2.24) is 0 Å². The van der Waals surface area contributed by atoms with Gasteiger partial charge in [-0.25, -0.2) is 0 Å². The third kappa shape index (κ3) is 10.6. The molecule has 0 aliphatic rings. The van der Waals surface area contributed by atoms with E-state index in [0.29, 0.717) is 0 Å². The third-order valence-electron chi connectivity index (χ3n) is 12.5. The first-order chi connectivity index (χ1) is 34.7. The van der Waals surface area contributed by atoms with Gasteiger partial charge in [0.05, 0.1) is 0 Å². The summed E-state index contributed by atoms with van der Waals surface area (Å²) in [7, 11) is -2.72. The highest BCUT2D eigenvalue weighted by Gasteiger charge is 2.27. The van der Waals surface area contributed by atoms with Crippen LogP contribution in [0.15, 0.2) is 302 Å². The fraction of sp³-hybridized carbons (Fsp3) is 0. The second-order valence-corrected chi connectivity index (χ2v) is 20.5. The molecule has 0 saturated carbocycles. The van der Waals surface area contributed by atoms with Crippen molar-refractivity contribution in [2.24, 2.45) is 0 Å². The summed E-state index contributed by atoms with van der Waals surface area (Å²) in [5, 5.41) is 1.29. The van der Waals surface area contributed by atoms with Crippen LogP contribution in [0.5, 0.6) is 0 Å². The van der Waals surface area contributed by atoms with E-state index in [9.17, 15) is 0 Å². The summed E-state index contributed by atoms with van der Waals surface area (Å²) >= 11 is 0. The Morgan fingerprint density at radius 1 is 0.200 bits per heavy atom. The van der Waals surface area contributed by atoms with Gasteiger partial charge in [0.15, 0.2) is 8.07 Å². The van der Waals surface area contributed by atoms with Crippen molar-refractivity contribution in [3.8, 4) is 0 Å². The molecule has 4 heteroatoms. The van der Waals surface area contributed by atoms with Crippen LogP contribution in [0.1, 0.15) is 16.7 Å². The zero-order chi connectivity index (χ0) is 47.2. The van der Waals surface area contributed by atoms with E-state index in [1.807, 2.05) is 0 Å². The Kier molecular flexibility index (Phi) is 13.9. The quantitative estimate of drug-likeness (QED) is 0.0894. The highest BCUT2D eigenvalue weighted by atomic mass is 28.3. The van der Waals surface area contributed by atoms with Gasteiger partial charge in [0, 0.05) is 51.2 Å². The van der Waals surface area contributed by atoms with Gasteiger partial charge in [-0.3, -0.25) is 0 Å². The summed E-state index contributed by atoms with van der Waals surface area (Å²) in [6.07, 6.45) is 6.94. The van der Waals surface area contributed by atoms with Crippen LogP contribution < -0.4 is 19.9 Å². The molecule has 0 atom stereocenters. The molecule has 0 heterocycles. The minimum absolute atomic E-state index is 1.10. The van der Waals surface area contributed by atoms with E-state index in [-0.39, 0.29) is 0 Å². The van der Waals surface area contributed by atoms with Crippen molar-refractivity contribution in [2.45, 2.75) is 0 Å². The molecule has 0 unspecified atom stereocenters. The molecule has 0 fully saturated rings. The van der Waals surface area contributed by atoms with Crippen LogP contribution >= 0.6 is 0 Å². The zero-order valence-electron chi connectivity index (χ0n) is 38.9. The van der Waals surface area contributed by atoms with Gasteiger partial charge < -0.3 is 14.7 Å². The molecule has 70 heavy (non-hydrogen) atoms. The van der Waals surface area contributed by atoms with Crippen LogP contribution in [-0.2, 0) is 0 Å². The Balaban J connectivity index is 1.03. The standard InChI is InChI=1S/C66H53N3Si/c1-8-22-57(23-9-1)67(58-24-10-2-11-25-58)63-42-36-54(37-43-63)48-51-70(66-34-20-7-21-35-66,52-49-55-38-44-64(45-39-55)68(59-26-12-3-13-27-59)60-28-14-4-15-29-60)53-50-56-40-46-65(47-41-56)69(61-30-16-5-17-31-61)62-32-18-6-19-33-62/h1-53H/b51-48+,52-49+,53-50+. The first-order valence-electron chi connectivity index (χ1n) is 23.8. The summed E-state index contributed by atoms with van der Waals surface area (Å²) in [6.45, 7) is 0. The summed E-state index contributed by atoms with van der Waals surface area (Å²) in [5.41, 5.74) is 20.8. The van der Waals surface area contributed by atoms with Crippen LogP contribution in [0.3, 0.4) is 0 Å². The predicted octanol–water partition coefficient (Wildman–Crippen LogP) is 17.5. The van der Waals surface area contributed by atoms with Gasteiger partial charge in [-0.1, -0.05) is 211 Å². The Morgan fingerprint density at radius 2 is 0.386 bits per heavy atom. The van der Waals surface area contributed by atoms with E-state index in [0.717, 1.165) is 67.9 Å². The largest absolute Gasteiger partial charge is 0.311 e. The van der Waals surface area contributed by atoms with Crippen molar-refractivity contribution < 1.29 is 0 Å². The minimum atomic E-state index is -2.72. The lowest BCUT2D eigenvalue weighted by atomic mass is 10.1. The van der Waals surface area contributed by atoms with Crippen molar-refractivity contribution >= 4 is 82.7 Å². The maximum Gasteiger partial charge on any atom is 0.157 e. The van der Waals surface area contributed by atoms with Crippen LogP contribution in [0, 0.1) is 0 Å². The van der Waals surface area contributed by atoms with Crippen LogP contribution in [-0.4, -0.2) is 8.07 Å². The second kappa shape index (κ2) is 21.8. The van der Waals surface area contributed by atoms with E-state index in [1.54, 1.807) is 0 Å². The SMILES string of the molecule is C(=C\[Si](/C=C/c1ccc(N(c2ccccc2)c2ccccc2)cc1)(/C=C/c1ccc(N(c2ccccc2)c2ccccc2)cc1)c1ccccc1)/c1ccc(N(c2ccccc2)c2ccccc2)cc1. The van der Waals surface area contributed by atoms with E-state index in [4.69, 9.17) is 0 Å². The molecular formula is C66H53N3Si. The number of rotatable bonds is 16. The molecule has 336 valence electrons. The Hall–Kier alpha value is -8.96. The maximum atomic E-state index is 2.47. The predicted molar refractivity (Wildman–Crippen MR) is 302 cm³/mol. The van der Waals surface area contributed by atoms with Crippen LogP contribution in [0.25, 0.3) is 18.2 Å². The van der Waals surface area contributed by atoms with E-state index in [1.165, 1.54) is 5.19 Å². The van der Waals surface area contributed by atoms with Gasteiger partial charge in [-0.15, -0.1) is 0 Å². The molecule has 0 aliphatic heterocycles. The normalized spacial score (nSPS) is 11.5. The Labute approximate surface area is 414 Å². The maximum absolute atomic E-state index is 2.72. The van der Waals surface area contributed by atoms with Gasteiger partial charge in [-0.2, -0.15) is 0 Å². The van der Waals surface area contributed by atoms with Crippen molar-refractivity contribution in [3.63, 3.8) is 0 Å². The minimum Gasteiger partial charge on any atom is -0.311 e. The van der Waals surface area contributed by atoms with Gasteiger partial charge in [-0.05, 0) is 131 Å². The van der Waals surface area contributed by atoms with E-state index >= 15 is 0 Å². The first kappa shape index (κ1) is 44.9. The number of benzene rings is 10. The van der Waals surface area contributed by atoms with E-state index < -0.39 is 8.07 Å². The molecule has 0 radical (unpaired) electrons. The third-order valence-corrected chi connectivity index (χ3v) is 16.0. The smallest absolute Gasteiger partial charge is 0.157 e. The highest BCUT2D eigenvalue weighted by molar-refractivity contribution is 7.04.